The molecule has 0 saturated heterocycles. The molecule has 0 amide bonds. The number of rotatable bonds is 4. The lowest BCUT2D eigenvalue weighted by Gasteiger charge is -2.28. The minimum absolute atomic E-state index is 0.237. The molecule has 0 bridgehead atoms. The Bertz CT molecular complexity index is 508. The van der Waals surface area contributed by atoms with Crippen LogP contribution in [0.1, 0.15) is 16.7 Å². The fraction of sp³-hybridized carbons (Fsp3) is 0.250. The van der Waals surface area contributed by atoms with Gasteiger partial charge in [0.25, 0.3) is 0 Å². The number of hydrogen-bond donors (Lipinski definition) is 1. The Balaban J connectivity index is 2.50. The predicted molar refractivity (Wildman–Crippen MR) is 72.5 cm³/mol. The summed E-state index contributed by atoms with van der Waals surface area (Å²) < 4.78 is 5.21. The average molecular weight is 242 g/mol. The monoisotopic (exact) mass is 242 g/mol. The van der Waals surface area contributed by atoms with Gasteiger partial charge in [0.05, 0.1) is 6.61 Å². The molecule has 2 rings (SSSR count). The fourth-order valence-electron chi connectivity index (χ4n) is 2.16. The van der Waals surface area contributed by atoms with Gasteiger partial charge in [-0.15, -0.1) is 0 Å². The second kappa shape index (κ2) is 5.34. The van der Waals surface area contributed by atoms with Gasteiger partial charge in [0, 0.05) is 7.11 Å². The molecular formula is C16H18O2. The van der Waals surface area contributed by atoms with Crippen LogP contribution in [0.15, 0.2) is 54.6 Å². The molecule has 2 aromatic rings. The van der Waals surface area contributed by atoms with Crippen LogP contribution >= 0.6 is 0 Å². The molecule has 2 heteroatoms. The van der Waals surface area contributed by atoms with E-state index in [1.807, 2.05) is 61.5 Å². The molecule has 0 fully saturated rings. The van der Waals surface area contributed by atoms with Crippen molar-refractivity contribution in [1.82, 2.24) is 0 Å². The van der Waals surface area contributed by atoms with Crippen molar-refractivity contribution in [2.45, 2.75) is 12.5 Å². The summed E-state index contributed by atoms with van der Waals surface area (Å²) in [6, 6.07) is 17.5. The molecule has 0 saturated carbocycles. The van der Waals surface area contributed by atoms with E-state index < -0.39 is 5.60 Å². The molecule has 0 spiro atoms. The third-order valence-electron chi connectivity index (χ3n) is 3.10. The third-order valence-corrected chi connectivity index (χ3v) is 3.10. The van der Waals surface area contributed by atoms with Crippen LogP contribution < -0.4 is 0 Å². The highest BCUT2D eigenvalue weighted by Gasteiger charge is 2.31. The maximum atomic E-state index is 11.0. The summed E-state index contributed by atoms with van der Waals surface area (Å²) in [6.07, 6.45) is 0. The largest absolute Gasteiger partial charge is 0.381 e. The van der Waals surface area contributed by atoms with E-state index in [-0.39, 0.29) is 6.61 Å². The molecule has 1 N–H and O–H groups in total. The first kappa shape index (κ1) is 12.8. The van der Waals surface area contributed by atoms with Gasteiger partial charge in [-0.3, -0.25) is 0 Å². The number of hydrogen-bond acceptors (Lipinski definition) is 2. The molecule has 0 aromatic heterocycles. The van der Waals surface area contributed by atoms with Crippen molar-refractivity contribution in [1.29, 1.82) is 0 Å². The van der Waals surface area contributed by atoms with Crippen molar-refractivity contribution < 1.29 is 9.84 Å². The van der Waals surface area contributed by atoms with Gasteiger partial charge in [0.2, 0.25) is 0 Å². The smallest absolute Gasteiger partial charge is 0.138 e. The molecule has 0 aliphatic carbocycles. The summed E-state index contributed by atoms with van der Waals surface area (Å²) in [4.78, 5) is 0. The summed E-state index contributed by atoms with van der Waals surface area (Å²) in [7, 11) is 1.60. The van der Waals surface area contributed by atoms with E-state index in [1.54, 1.807) is 7.11 Å². The summed E-state index contributed by atoms with van der Waals surface area (Å²) in [5.74, 6) is 0. The summed E-state index contributed by atoms with van der Waals surface area (Å²) in [5.41, 5.74) is 1.73. The van der Waals surface area contributed by atoms with E-state index in [2.05, 4.69) is 0 Å². The van der Waals surface area contributed by atoms with Crippen LogP contribution in [0.4, 0.5) is 0 Å². The van der Waals surface area contributed by atoms with Gasteiger partial charge in [0.15, 0.2) is 0 Å². The topological polar surface area (TPSA) is 29.5 Å². The Hall–Kier alpha value is -1.64. The molecular weight excluding hydrogens is 224 g/mol. The van der Waals surface area contributed by atoms with Gasteiger partial charge in [-0.2, -0.15) is 0 Å². The van der Waals surface area contributed by atoms with Gasteiger partial charge in [0.1, 0.15) is 5.60 Å². The van der Waals surface area contributed by atoms with Gasteiger partial charge < -0.3 is 9.84 Å². The molecule has 0 radical (unpaired) electrons. The molecule has 0 heterocycles. The molecule has 1 atom stereocenters. The second-order valence-electron chi connectivity index (χ2n) is 4.53. The Morgan fingerprint density at radius 2 is 1.67 bits per heavy atom. The van der Waals surface area contributed by atoms with E-state index >= 15 is 0 Å². The Labute approximate surface area is 108 Å². The number of ether oxygens (including phenoxy) is 1. The van der Waals surface area contributed by atoms with Crippen LogP contribution in [-0.4, -0.2) is 18.8 Å². The number of aliphatic hydroxyl groups is 1. The van der Waals surface area contributed by atoms with E-state index in [9.17, 15) is 5.11 Å². The number of benzene rings is 2. The zero-order valence-corrected chi connectivity index (χ0v) is 10.8. The van der Waals surface area contributed by atoms with Crippen molar-refractivity contribution in [2.24, 2.45) is 0 Å². The van der Waals surface area contributed by atoms with E-state index in [0.29, 0.717) is 0 Å². The van der Waals surface area contributed by atoms with Crippen LogP contribution in [0.2, 0.25) is 0 Å². The molecule has 2 nitrogen and oxygen atoms in total. The molecule has 18 heavy (non-hydrogen) atoms. The SMILES string of the molecule is COCC(O)(c1ccccc1)c1cccc(C)c1. The standard InChI is InChI=1S/C16H18O2/c1-13-7-6-10-15(11-13)16(17,12-18-2)14-8-4-3-5-9-14/h3-11,17H,12H2,1-2H3. The minimum Gasteiger partial charge on any atom is -0.381 e. The van der Waals surface area contributed by atoms with Gasteiger partial charge >= 0.3 is 0 Å². The number of methoxy groups -OCH3 is 1. The maximum absolute atomic E-state index is 11.0. The lowest BCUT2D eigenvalue weighted by atomic mass is 9.86. The van der Waals surface area contributed by atoms with Crippen LogP contribution in [0.5, 0.6) is 0 Å². The highest BCUT2D eigenvalue weighted by atomic mass is 16.5. The molecule has 0 aliphatic rings. The quantitative estimate of drug-likeness (QED) is 0.893. The first-order valence-electron chi connectivity index (χ1n) is 6.01. The highest BCUT2D eigenvalue weighted by molar-refractivity contribution is 5.37. The first-order valence-corrected chi connectivity index (χ1v) is 6.01. The summed E-state index contributed by atoms with van der Waals surface area (Å²) in [6.45, 7) is 2.25. The number of aryl methyl sites for hydroxylation is 1. The van der Waals surface area contributed by atoms with E-state index in [1.165, 1.54) is 0 Å². The zero-order chi connectivity index (χ0) is 13.0. The Morgan fingerprint density at radius 1 is 1.00 bits per heavy atom. The van der Waals surface area contributed by atoms with Crippen LogP contribution in [0.25, 0.3) is 0 Å². The molecule has 2 aromatic carbocycles. The van der Waals surface area contributed by atoms with Gasteiger partial charge in [-0.25, -0.2) is 0 Å². The van der Waals surface area contributed by atoms with E-state index in [4.69, 9.17) is 4.74 Å². The predicted octanol–water partition coefficient (Wildman–Crippen LogP) is 2.88. The average Bonchev–Trinajstić information content (AvgIpc) is 2.40. The van der Waals surface area contributed by atoms with Crippen LogP contribution in [0.3, 0.4) is 0 Å². The van der Waals surface area contributed by atoms with E-state index in [0.717, 1.165) is 16.7 Å². The van der Waals surface area contributed by atoms with Crippen LogP contribution in [-0.2, 0) is 10.3 Å². The van der Waals surface area contributed by atoms with Crippen molar-refractivity contribution in [2.75, 3.05) is 13.7 Å². The van der Waals surface area contributed by atoms with Gasteiger partial charge in [-0.05, 0) is 18.1 Å². The minimum atomic E-state index is -1.10. The third kappa shape index (κ3) is 2.45. The maximum Gasteiger partial charge on any atom is 0.138 e. The van der Waals surface area contributed by atoms with Crippen LogP contribution in [0, 0.1) is 6.92 Å². The molecule has 94 valence electrons. The lowest BCUT2D eigenvalue weighted by molar-refractivity contribution is -0.00331. The van der Waals surface area contributed by atoms with Gasteiger partial charge in [-0.1, -0.05) is 60.2 Å². The summed E-state index contributed by atoms with van der Waals surface area (Å²) in [5, 5.41) is 11.0. The van der Waals surface area contributed by atoms with Crippen molar-refractivity contribution in [3.8, 4) is 0 Å². The van der Waals surface area contributed by atoms with Crippen molar-refractivity contribution in [3.63, 3.8) is 0 Å². The summed E-state index contributed by atoms with van der Waals surface area (Å²) >= 11 is 0. The Morgan fingerprint density at radius 3 is 2.28 bits per heavy atom. The molecule has 0 aliphatic heterocycles. The molecule has 1 unspecified atom stereocenters. The Kier molecular flexibility index (Phi) is 3.80. The zero-order valence-electron chi connectivity index (χ0n) is 10.8. The van der Waals surface area contributed by atoms with Crippen molar-refractivity contribution in [3.05, 3.63) is 71.3 Å². The highest BCUT2D eigenvalue weighted by Crippen LogP contribution is 2.30. The van der Waals surface area contributed by atoms with Crippen molar-refractivity contribution >= 4 is 0 Å². The first-order chi connectivity index (χ1) is 8.66. The lowest BCUT2D eigenvalue weighted by Crippen LogP contribution is -2.32. The second-order valence-corrected chi connectivity index (χ2v) is 4.53. The normalized spacial score (nSPS) is 14.2. The fourth-order valence-corrected chi connectivity index (χ4v) is 2.16.